The predicted molar refractivity (Wildman–Crippen MR) is 85.9 cm³/mol. The van der Waals surface area contributed by atoms with Gasteiger partial charge in [-0.1, -0.05) is 24.3 Å². The van der Waals surface area contributed by atoms with Gasteiger partial charge in [-0.3, -0.25) is 4.72 Å². The molecule has 5 heteroatoms. The van der Waals surface area contributed by atoms with Gasteiger partial charge in [0.05, 0.1) is 4.90 Å². The van der Waals surface area contributed by atoms with E-state index in [1.165, 1.54) is 0 Å². The number of aryl methyl sites for hydroxylation is 1. The number of hydrogen-bond donors (Lipinski definition) is 2. The third-order valence-corrected chi connectivity index (χ3v) is 4.75. The second-order valence-electron chi connectivity index (χ2n) is 5.06. The summed E-state index contributed by atoms with van der Waals surface area (Å²) in [5.41, 5.74) is 2.51. The van der Waals surface area contributed by atoms with Crippen LogP contribution in [0.4, 0.5) is 5.69 Å². The summed E-state index contributed by atoms with van der Waals surface area (Å²) in [7, 11) is -1.73. The fraction of sp³-hybridized carbons (Fsp3) is 0.250. The van der Waals surface area contributed by atoms with Crippen molar-refractivity contribution < 1.29 is 8.42 Å². The smallest absolute Gasteiger partial charge is 0.261 e. The lowest BCUT2D eigenvalue weighted by atomic mass is 10.1. The second-order valence-corrected chi connectivity index (χ2v) is 6.74. The Hall–Kier alpha value is -1.85. The van der Waals surface area contributed by atoms with Crippen LogP contribution in [-0.2, 0) is 10.0 Å². The number of nitrogens with one attached hydrogen (secondary N) is 2. The molecule has 2 aromatic carbocycles. The summed E-state index contributed by atoms with van der Waals surface area (Å²) in [6.45, 7) is 3.91. The van der Waals surface area contributed by atoms with Crippen LogP contribution in [0.2, 0.25) is 0 Å². The molecule has 21 heavy (non-hydrogen) atoms. The molecule has 0 fully saturated rings. The van der Waals surface area contributed by atoms with Gasteiger partial charge in [-0.05, 0) is 56.3 Å². The maximum Gasteiger partial charge on any atom is 0.261 e. The molecule has 0 aliphatic heterocycles. The lowest BCUT2D eigenvalue weighted by Crippen LogP contribution is -2.15. The highest BCUT2D eigenvalue weighted by molar-refractivity contribution is 7.92. The van der Waals surface area contributed by atoms with Crippen LogP contribution >= 0.6 is 0 Å². The molecule has 0 bridgehead atoms. The first-order valence-corrected chi connectivity index (χ1v) is 8.27. The van der Waals surface area contributed by atoms with Gasteiger partial charge in [0.2, 0.25) is 0 Å². The van der Waals surface area contributed by atoms with Crippen molar-refractivity contribution in [1.82, 2.24) is 5.32 Å². The number of benzene rings is 2. The van der Waals surface area contributed by atoms with Gasteiger partial charge in [-0.25, -0.2) is 8.42 Å². The van der Waals surface area contributed by atoms with Crippen LogP contribution in [0.3, 0.4) is 0 Å². The number of anilines is 1. The molecule has 4 nitrogen and oxygen atoms in total. The fourth-order valence-electron chi connectivity index (χ4n) is 2.04. The molecule has 0 amide bonds. The maximum absolute atomic E-state index is 12.4. The maximum atomic E-state index is 12.4. The first-order valence-electron chi connectivity index (χ1n) is 6.79. The molecule has 0 spiro atoms. The Balaban J connectivity index is 2.31. The highest BCUT2D eigenvalue weighted by atomic mass is 32.2. The number of rotatable bonds is 5. The van der Waals surface area contributed by atoms with Gasteiger partial charge in [-0.15, -0.1) is 0 Å². The van der Waals surface area contributed by atoms with E-state index in [1.54, 1.807) is 30.3 Å². The van der Waals surface area contributed by atoms with E-state index in [-0.39, 0.29) is 10.9 Å². The van der Waals surface area contributed by atoms with Gasteiger partial charge in [0, 0.05) is 11.7 Å². The Bertz CT molecular complexity index is 727. The Morgan fingerprint density at radius 2 is 1.76 bits per heavy atom. The third kappa shape index (κ3) is 3.83. The molecule has 0 heterocycles. The molecule has 0 saturated heterocycles. The molecule has 2 N–H and O–H groups in total. The monoisotopic (exact) mass is 304 g/mol. The molecule has 1 atom stereocenters. The summed E-state index contributed by atoms with van der Waals surface area (Å²) < 4.78 is 27.5. The average Bonchev–Trinajstić information content (AvgIpc) is 2.46. The summed E-state index contributed by atoms with van der Waals surface area (Å²) >= 11 is 0. The van der Waals surface area contributed by atoms with E-state index in [0.717, 1.165) is 11.1 Å². The van der Waals surface area contributed by atoms with Crippen molar-refractivity contribution >= 4 is 15.7 Å². The highest BCUT2D eigenvalue weighted by Crippen LogP contribution is 2.20. The van der Waals surface area contributed by atoms with Gasteiger partial charge in [0.25, 0.3) is 10.0 Å². The van der Waals surface area contributed by atoms with Crippen molar-refractivity contribution in [2.24, 2.45) is 0 Å². The van der Waals surface area contributed by atoms with Gasteiger partial charge < -0.3 is 5.32 Å². The molecule has 2 rings (SSSR count). The Kier molecular flexibility index (Phi) is 4.65. The van der Waals surface area contributed by atoms with Crippen molar-refractivity contribution in [2.45, 2.75) is 24.8 Å². The lowest BCUT2D eigenvalue weighted by Gasteiger charge is -2.13. The lowest BCUT2D eigenvalue weighted by molar-refractivity contribution is 0.600. The van der Waals surface area contributed by atoms with Crippen molar-refractivity contribution in [2.75, 3.05) is 11.8 Å². The molecule has 0 aliphatic rings. The van der Waals surface area contributed by atoms with Crippen LogP contribution < -0.4 is 10.0 Å². The molecule has 1 unspecified atom stereocenters. The largest absolute Gasteiger partial charge is 0.313 e. The quantitative estimate of drug-likeness (QED) is 0.892. The van der Waals surface area contributed by atoms with Gasteiger partial charge in [0.1, 0.15) is 0 Å². The summed E-state index contributed by atoms with van der Waals surface area (Å²) in [6, 6.07) is 14.4. The van der Waals surface area contributed by atoms with Crippen molar-refractivity contribution in [3.8, 4) is 0 Å². The van der Waals surface area contributed by atoms with Gasteiger partial charge in [0.15, 0.2) is 0 Å². The average molecular weight is 304 g/mol. The molecular formula is C16H20N2O2S. The molecule has 0 saturated carbocycles. The molecule has 0 aromatic heterocycles. The first kappa shape index (κ1) is 15.5. The van der Waals surface area contributed by atoms with Gasteiger partial charge in [-0.2, -0.15) is 0 Å². The van der Waals surface area contributed by atoms with Gasteiger partial charge >= 0.3 is 0 Å². The molecule has 0 radical (unpaired) electrons. The Morgan fingerprint density at radius 3 is 2.43 bits per heavy atom. The van der Waals surface area contributed by atoms with E-state index in [2.05, 4.69) is 10.0 Å². The van der Waals surface area contributed by atoms with E-state index in [4.69, 9.17) is 0 Å². The van der Waals surface area contributed by atoms with Crippen LogP contribution in [0.5, 0.6) is 0 Å². The molecule has 0 aliphatic carbocycles. The minimum atomic E-state index is -3.57. The van der Waals surface area contributed by atoms with Crippen molar-refractivity contribution in [3.05, 3.63) is 59.7 Å². The number of hydrogen-bond acceptors (Lipinski definition) is 3. The van der Waals surface area contributed by atoms with Crippen LogP contribution in [0.1, 0.15) is 24.1 Å². The van der Waals surface area contributed by atoms with Crippen LogP contribution in [0, 0.1) is 6.92 Å². The van der Waals surface area contributed by atoms with E-state index < -0.39 is 10.0 Å². The number of sulfonamides is 1. The van der Waals surface area contributed by atoms with Crippen LogP contribution in [0.15, 0.2) is 53.4 Å². The minimum Gasteiger partial charge on any atom is -0.313 e. The van der Waals surface area contributed by atoms with E-state index in [0.29, 0.717) is 5.69 Å². The van der Waals surface area contributed by atoms with E-state index >= 15 is 0 Å². The standard InChI is InChI=1S/C16H20N2O2S/c1-12-6-4-8-15(10-12)18-21(19,20)16-9-5-7-14(11-16)13(2)17-3/h4-11,13,17-18H,1-3H3. The SMILES string of the molecule is CNC(C)c1cccc(S(=O)(=O)Nc2cccc(C)c2)c1. The predicted octanol–water partition coefficient (Wildman–Crippen LogP) is 3.08. The summed E-state index contributed by atoms with van der Waals surface area (Å²) in [4.78, 5) is 0.267. The third-order valence-electron chi connectivity index (χ3n) is 3.37. The Morgan fingerprint density at radius 1 is 1.05 bits per heavy atom. The highest BCUT2D eigenvalue weighted by Gasteiger charge is 2.15. The topological polar surface area (TPSA) is 58.2 Å². The normalized spacial score (nSPS) is 12.9. The second kappa shape index (κ2) is 6.28. The summed E-state index contributed by atoms with van der Waals surface area (Å²) in [5, 5.41) is 3.10. The zero-order valence-electron chi connectivity index (χ0n) is 12.4. The molecular weight excluding hydrogens is 284 g/mol. The minimum absolute atomic E-state index is 0.0964. The molecule has 112 valence electrons. The fourth-order valence-corrected chi connectivity index (χ4v) is 3.14. The zero-order valence-corrected chi connectivity index (χ0v) is 13.2. The van der Waals surface area contributed by atoms with Crippen molar-refractivity contribution in [3.63, 3.8) is 0 Å². The van der Waals surface area contributed by atoms with E-state index in [1.807, 2.05) is 39.1 Å². The van der Waals surface area contributed by atoms with Crippen LogP contribution in [0.25, 0.3) is 0 Å². The molecule has 2 aromatic rings. The van der Waals surface area contributed by atoms with Crippen molar-refractivity contribution in [1.29, 1.82) is 0 Å². The van der Waals surface area contributed by atoms with Crippen LogP contribution in [-0.4, -0.2) is 15.5 Å². The summed E-state index contributed by atoms with van der Waals surface area (Å²) in [5.74, 6) is 0. The Labute approximate surface area is 126 Å². The zero-order chi connectivity index (χ0) is 15.5. The van der Waals surface area contributed by atoms with E-state index in [9.17, 15) is 8.42 Å². The first-order chi connectivity index (χ1) is 9.92. The summed E-state index contributed by atoms with van der Waals surface area (Å²) in [6.07, 6.45) is 0.